The van der Waals surface area contributed by atoms with Crippen molar-refractivity contribution < 1.29 is 9.53 Å². The highest BCUT2D eigenvalue weighted by Gasteiger charge is 2.20. The minimum absolute atomic E-state index is 0.0364. The van der Waals surface area contributed by atoms with Crippen LogP contribution in [-0.2, 0) is 0 Å². The third-order valence-corrected chi connectivity index (χ3v) is 4.30. The molecule has 1 amide bonds. The van der Waals surface area contributed by atoms with Crippen molar-refractivity contribution in [3.63, 3.8) is 0 Å². The molecule has 0 aliphatic carbocycles. The number of hydrogen-bond acceptors (Lipinski definition) is 3. The highest BCUT2D eigenvalue weighted by molar-refractivity contribution is 9.10. The lowest BCUT2D eigenvalue weighted by molar-refractivity contribution is 0.0915. The number of hydrogen-bond donors (Lipinski definition) is 1. The van der Waals surface area contributed by atoms with Crippen LogP contribution in [0.3, 0.4) is 0 Å². The van der Waals surface area contributed by atoms with Crippen molar-refractivity contribution >= 4 is 21.8 Å². The lowest BCUT2D eigenvalue weighted by atomic mass is 10.0. The molecule has 116 valence electrons. The van der Waals surface area contributed by atoms with Gasteiger partial charge in [-0.3, -0.25) is 4.79 Å². The van der Waals surface area contributed by atoms with Crippen LogP contribution in [0.5, 0.6) is 5.75 Å². The third-order valence-electron chi connectivity index (χ3n) is 3.61. The predicted molar refractivity (Wildman–Crippen MR) is 87.9 cm³/mol. The molecule has 1 saturated heterocycles. The molecule has 1 fully saturated rings. The molecule has 1 aromatic rings. The van der Waals surface area contributed by atoms with E-state index in [1.165, 1.54) is 0 Å². The van der Waals surface area contributed by atoms with Crippen molar-refractivity contribution in [3.8, 4) is 5.75 Å². The number of carbonyl (C=O) groups excluding carboxylic acids is 1. The van der Waals surface area contributed by atoms with Crippen molar-refractivity contribution in [2.45, 2.75) is 38.8 Å². The number of rotatable bonds is 4. The molecule has 0 atom stereocenters. The van der Waals surface area contributed by atoms with Crippen LogP contribution < -0.4 is 10.1 Å². The fourth-order valence-corrected chi connectivity index (χ4v) is 2.87. The SMILES string of the molecule is CC(C)Oc1ccc(Br)c(C(=O)NC2CCN(C)CC2)c1. The standard InChI is InChI=1S/C16H23BrN2O2/c1-11(2)21-13-4-5-15(17)14(10-13)16(20)18-12-6-8-19(3)9-7-12/h4-5,10-12H,6-9H2,1-3H3,(H,18,20). The molecule has 1 heterocycles. The Morgan fingerprint density at radius 1 is 1.38 bits per heavy atom. The Balaban J connectivity index is 2.04. The van der Waals surface area contributed by atoms with Crippen molar-refractivity contribution in [2.75, 3.05) is 20.1 Å². The van der Waals surface area contributed by atoms with E-state index in [-0.39, 0.29) is 18.1 Å². The minimum Gasteiger partial charge on any atom is -0.491 e. The first-order valence-corrected chi connectivity index (χ1v) is 8.20. The van der Waals surface area contributed by atoms with Gasteiger partial charge >= 0.3 is 0 Å². The summed E-state index contributed by atoms with van der Waals surface area (Å²) >= 11 is 3.45. The van der Waals surface area contributed by atoms with Gasteiger partial charge in [0.1, 0.15) is 5.75 Å². The van der Waals surface area contributed by atoms with E-state index in [4.69, 9.17) is 4.74 Å². The quantitative estimate of drug-likeness (QED) is 0.903. The van der Waals surface area contributed by atoms with Crippen molar-refractivity contribution in [2.24, 2.45) is 0 Å². The Morgan fingerprint density at radius 3 is 2.67 bits per heavy atom. The summed E-state index contributed by atoms with van der Waals surface area (Å²) in [6.45, 7) is 6.01. The van der Waals surface area contributed by atoms with Crippen LogP contribution in [0.25, 0.3) is 0 Å². The van der Waals surface area contributed by atoms with Gasteiger partial charge in [-0.25, -0.2) is 0 Å². The zero-order valence-electron chi connectivity index (χ0n) is 12.9. The summed E-state index contributed by atoms with van der Waals surface area (Å²) in [5, 5.41) is 3.13. The summed E-state index contributed by atoms with van der Waals surface area (Å²) in [7, 11) is 2.11. The Morgan fingerprint density at radius 2 is 2.05 bits per heavy atom. The molecular weight excluding hydrogens is 332 g/mol. The van der Waals surface area contributed by atoms with Gasteiger partial charge in [0.2, 0.25) is 0 Å². The van der Waals surface area contributed by atoms with E-state index in [9.17, 15) is 4.79 Å². The molecule has 5 heteroatoms. The van der Waals surface area contributed by atoms with Crippen molar-refractivity contribution in [3.05, 3.63) is 28.2 Å². The number of nitrogens with zero attached hydrogens (tertiary/aromatic N) is 1. The van der Waals surface area contributed by atoms with Gasteiger partial charge in [-0.2, -0.15) is 0 Å². The first kappa shape index (κ1) is 16.3. The Kier molecular flexibility index (Phi) is 5.65. The van der Waals surface area contributed by atoms with Gasteiger partial charge in [0.05, 0.1) is 11.7 Å². The van der Waals surface area contributed by atoms with Crippen LogP contribution in [0.1, 0.15) is 37.0 Å². The Hall–Kier alpha value is -1.07. The summed E-state index contributed by atoms with van der Waals surface area (Å²) in [6, 6.07) is 5.79. The van der Waals surface area contributed by atoms with E-state index in [1.807, 2.05) is 26.0 Å². The second kappa shape index (κ2) is 7.27. The molecule has 1 aromatic carbocycles. The van der Waals surface area contributed by atoms with Crippen LogP contribution in [0.4, 0.5) is 0 Å². The first-order valence-electron chi connectivity index (χ1n) is 7.41. The fourth-order valence-electron chi connectivity index (χ4n) is 2.44. The monoisotopic (exact) mass is 354 g/mol. The number of nitrogens with one attached hydrogen (secondary N) is 1. The smallest absolute Gasteiger partial charge is 0.252 e. The second-order valence-electron chi connectivity index (χ2n) is 5.86. The van der Waals surface area contributed by atoms with Crippen LogP contribution in [0.2, 0.25) is 0 Å². The van der Waals surface area contributed by atoms with E-state index in [1.54, 1.807) is 6.07 Å². The van der Waals surface area contributed by atoms with E-state index >= 15 is 0 Å². The maximum Gasteiger partial charge on any atom is 0.252 e. The molecule has 21 heavy (non-hydrogen) atoms. The topological polar surface area (TPSA) is 41.6 Å². The molecule has 1 aliphatic heterocycles. The number of benzene rings is 1. The average molecular weight is 355 g/mol. The van der Waals surface area contributed by atoms with Crippen molar-refractivity contribution in [1.29, 1.82) is 0 Å². The summed E-state index contributed by atoms with van der Waals surface area (Å²) in [6.07, 6.45) is 2.10. The number of carbonyl (C=O) groups is 1. The van der Waals surface area contributed by atoms with Gasteiger partial charge in [-0.1, -0.05) is 0 Å². The predicted octanol–water partition coefficient (Wildman–Crippen LogP) is 3.06. The van der Waals surface area contributed by atoms with E-state index < -0.39 is 0 Å². The highest BCUT2D eigenvalue weighted by Crippen LogP contribution is 2.24. The van der Waals surface area contributed by atoms with Gasteiger partial charge in [0.25, 0.3) is 5.91 Å². The minimum atomic E-state index is -0.0364. The molecule has 1 N–H and O–H groups in total. The molecule has 4 nitrogen and oxygen atoms in total. The van der Waals surface area contributed by atoms with E-state index in [2.05, 4.69) is 33.2 Å². The average Bonchev–Trinajstić information content (AvgIpc) is 2.43. The summed E-state index contributed by atoms with van der Waals surface area (Å²) < 4.78 is 6.45. The molecule has 0 spiro atoms. The van der Waals surface area contributed by atoms with Gasteiger partial charge in [0, 0.05) is 10.5 Å². The highest BCUT2D eigenvalue weighted by atomic mass is 79.9. The summed E-state index contributed by atoms with van der Waals surface area (Å²) in [5.41, 5.74) is 0.632. The number of likely N-dealkylation sites (tertiary alicyclic amines) is 1. The van der Waals surface area contributed by atoms with Gasteiger partial charge < -0.3 is 15.0 Å². The lowest BCUT2D eigenvalue weighted by Gasteiger charge is -2.29. The molecule has 0 radical (unpaired) electrons. The van der Waals surface area contributed by atoms with Crippen LogP contribution in [0.15, 0.2) is 22.7 Å². The molecule has 0 unspecified atom stereocenters. The summed E-state index contributed by atoms with van der Waals surface area (Å²) in [4.78, 5) is 14.7. The number of halogens is 1. The molecule has 2 rings (SSSR count). The van der Waals surface area contributed by atoms with Crippen LogP contribution in [0, 0.1) is 0 Å². The largest absolute Gasteiger partial charge is 0.491 e. The van der Waals surface area contributed by atoms with Crippen LogP contribution >= 0.6 is 15.9 Å². The first-order chi connectivity index (χ1) is 9.95. The Labute approximate surface area is 135 Å². The molecule has 0 saturated carbocycles. The van der Waals surface area contributed by atoms with Crippen LogP contribution in [-0.4, -0.2) is 43.1 Å². The van der Waals surface area contributed by atoms with Gasteiger partial charge in [-0.15, -0.1) is 0 Å². The van der Waals surface area contributed by atoms with Gasteiger partial charge in [-0.05, 0) is 81.0 Å². The maximum absolute atomic E-state index is 12.4. The number of piperidine rings is 1. The maximum atomic E-state index is 12.4. The fraction of sp³-hybridized carbons (Fsp3) is 0.562. The third kappa shape index (κ3) is 4.71. The zero-order valence-corrected chi connectivity index (χ0v) is 14.4. The van der Waals surface area contributed by atoms with E-state index in [0.717, 1.165) is 36.2 Å². The van der Waals surface area contributed by atoms with E-state index in [0.29, 0.717) is 5.56 Å². The molecule has 1 aliphatic rings. The lowest BCUT2D eigenvalue weighted by Crippen LogP contribution is -2.43. The zero-order chi connectivity index (χ0) is 15.4. The second-order valence-corrected chi connectivity index (χ2v) is 6.71. The number of amides is 1. The summed E-state index contributed by atoms with van der Waals surface area (Å²) in [5.74, 6) is 0.687. The number of ether oxygens (including phenoxy) is 1. The Bertz CT molecular complexity index is 497. The molecular formula is C16H23BrN2O2. The normalized spacial score (nSPS) is 17.0. The molecule has 0 aromatic heterocycles. The van der Waals surface area contributed by atoms with Crippen molar-refractivity contribution in [1.82, 2.24) is 10.2 Å². The molecule has 0 bridgehead atoms. The van der Waals surface area contributed by atoms with Gasteiger partial charge in [0.15, 0.2) is 0 Å².